The molecule has 0 aliphatic heterocycles. The minimum Gasteiger partial charge on any atom is -0.229 e. The zero-order valence-electron chi connectivity index (χ0n) is 4.84. The van der Waals surface area contributed by atoms with E-state index in [2.05, 4.69) is 0 Å². The number of hydrogen-bond donors (Lipinski definition) is 0. The molecule has 6 heteroatoms. The van der Waals surface area contributed by atoms with Crippen molar-refractivity contribution in [2.24, 2.45) is 0 Å². The second kappa shape index (κ2) is 3.97. The molecule has 0 fully saturated rings. The first-order chi connectivity index (χ1) is 3.92. The summed E-state index contributed by atoms with van der Waals surface area (Å²) >= 11 is 10.7. The van der Waals surface area contributed by atoms with Crippen LogP contribution in [0.4, 0.5) is 0 Å². The van der Waals surface area contributed by atoms with Crippen molar-refractivity contribution < 1.29 is 8.42 Å². The molecular formula is C3H7Cl2O2PS. The van der Waals surface area contributed by atoms with E-state index in [9.17, 15) is 8.42 Å². The lowest BCUT2D eigenvalue weighted by Gasteiger charge is -1.96. The minimum absolute atomic E-state index is 0.0890. The van der Waals surface area contributed by atoms with Crippen molar-refractivity contribution in [3.8, 4) is 0 Å². The van der Waals surface area contributed by atoms with E-state index in [4.69, 9.17) is 22.5 Å². The van der Waals surface area contributed by atoms with Gasteiger partial charge in [0.2, 0.25) is 0 Å². The van der Waals surface area contributed by atoms with Crippen molar-refractivity contribution in [1.82, 2.24) is 0 Å². The molecule has 56 valence electrons. The largest absolute Gasteiger partial charge is 0.229 e. The molecule has 0 saturated carbocycles. The zero-order chi connectivity index (χ0) is 7.49. The average Bonchev–Trinajstić information content (AvgIpc) is 1.59. The molecule has 9 heavy (non-hydrogen) atoms. The maximum Gasteiger partial charge on any atom is 0.147 e. The molecule has 0 rings (SSSR count). The third-order valence-electron chi connectivity index (χ3n) is 0.631. The SMILES string of the molecule is CS(=O)(=O)CCP(Cl)Cl. The molecule has 0 N–H and O–H groups in total. The van der Waals surface area contributed by atoms with Gasteiger partial charge in [0.1, 0.15) is 9.84 Å². The Balaban J connectivity index is 3.53. The summed E-state index contributed by atoms with van der Waals surface area (Å²) in [5.41, 5.74) is 0. The zero-order valence-corrected chi connectivity index (χ0v) is 8.06. The topological polar surface area (TPSA) is 34.1 Å². The van der Waals surface area contributed by atoms with Crippen LogP contribution >= 0.6 is 29.1 Å². The second-order valence-corrected chi connectivity index (χ2v) is 7.94. The summed E-state index contributed by atoms with van der Waals surface area (Å²) in [6.45, 7) is -1.10. The average molecular weight is 209 g/mol. The Labute approximate surface area is 65.8 Å². The molecule has 2 nitrogen and oxygen atoms in total. The van der Waals surface area contributed by atoms with Crippen LogP contribution in [0.25, 0.3) is 0 Å². The van der Waals surface area contributed by atoms with Crippen LogP contribution in [0.2, 0.25) is 0 Å². The van der Waals surface area contributed by atoms with E-state index < -0.39 is 16.5 Å². The summed E-state index contributed by atoms with van der Waals surface area (Å²) in [6.07, 6.45) is 1.54. The van der Waals surface area contributed by atoms with Gasteiger partial charge in [-0.05, 0) is 0 Å². The number of halogens is 2. The van der Waals surface area contributed by atoms with Crippen molar-refractivity contribution in [1.29, 1.82) is 0 Å². The van der Waals surface area contributed by atoms with Crippen LogP contribution in [0.5, 0.6) is 0 Å². The summed E-state index contributed by atoms with van der Waals surface area (Å²) < 4.78 is 20.9. The summed E-state index contributed by atoms with van der Waals surface area (Å²) in [6, 6.07) is 0. The maximum atomic E-state index is 10.4. The molecule has 0 atom stereocenters. The lowest BCUT2D eigenvalue weighted by molar-refractivity contribution is 0.603. The van der Waals surface area contributed by atoms with Crippen molar-refractivity contribution in [3.05, 3.63) is 0 Å². The molecule has 0 aliphatic rings. The molecule has 0 bridgehead atoms. The molecular weight excluding hydrogens is 202 g/mol. The van der Waals surface area contributed by atoms with Gasteiger partial charge < -0.3 is 0 Å². The van der Waals surface area contributed by atoms with Crippen LogP contribution in [0.3, 0.4) is 0 Å². The Hall–Kier alpha value is 0.960. The standard InChI is InChI=1S/C3H7Cl2O2PS/c1-9(6,7)3-2-8(4)5/h2-3H2,1H3. The second-order valence-electron chi connectivity index (χ2n) is 1.66. The predicted octanol–water partition coefficient (Wildman–Crippen LogP) is 1.82. The normalized spacial score (nSPS) is 12.4. The van der Waals surface area contributed by atoms with E-state index in [0.717, 1.165) is 0 Å². The lowest BCUT2D eigenvalue weighted by Crippen LogP contribution is -2.04. The molecule has 0 heterocycles. The smallest absolute Gasteiger partial charge is 0.147 e. The number of rotatable bonds is 3. The Morgan fingerprint density at radius 2 is 1.89 bits per heavy atom. The highest BCUT2D eigenvalue weighted by Gasteiger charge is 2.05. The Morgan fingerprint density at radius 3 is 2.00 bits per heavy atom. The van der Waals surface area contributed by atoms with Gasteiger partial charge in [-0.3, -0.25) is 0 Å². The Bertz CT molecular complexity index is 165. The van der Waals surface area contributed by atoms with Crippen LogP contribution in [0.15, 0.2) is 0 Å². The van der Waals surface area contributed by atoms with Crippen molar-refractivity contribution >= 4 is 38.9 Å². The fraction of sp³-hybridized carbons (Fsp3) is 1.00. The molecule has 0 aromatic rings. The maximum absolute atomic E-state index is 10.4. The highest BCUT2D eigenvalue weighted by atomic mass is 35.9. The molecule has 0 amide bonds. The first kappa shape index (κ1) is 9.96. The predicted molar refractivity (Wildman–Crippen MR) is 43.2 cm³/mol. The fourth-order valence-corrected chi connectivity index (χ4v) is 3.36. The van der Waals surface area contributed by atoms with Gasteiger partial charge in [-0.1, -0.05) is 22.5 Å². The van der Waals surface area contributed by atoms with Gasteiger partial charge in [0, 0.05) is 12.4 Å². The first-order valence-electron chi connectivity index (χ1n) is 2.18. The molecule has 0 aromatic heterocycles. The van der Waals surface area contributed by atoms with E-state index in [1.54, 1.807) is 0 Å². The Morgan fingerprint density at radius 1 is 1.44 bits per heavy atom. The number of hydrogen-bond acceptors (Lipinski definition) is 2. The third-order valence-corrected chi connectivity index (χ3v) is 3.46. The molecule has 0 aromatic carbocycles. The van der Waals surface area contributed by atoms with Crippen LogP contribution in [-0.4, -0.2) is 26.6 Å². The van der Waals surface area contributed by atoms with Gasteiger partial charge in [-0.2, -0.15) is 0 Å². The van der Waals surface area contributed by atoms with Crippen LogP contribution in [0, 0.1) is 0 Å². The quantitative estimate of drug-likeness (QED) is 0.664. The van der Waals surface area contributed by atoms with E-state index >= 15 is 0 Å². The highest BCUT2D eigenvalue weighted by Crippen LogP contribution is 2.46. The highest BCUT2D eigenvalue weighted by molar-refractivity contribution is 8.04. The molecule has 0 aliphatic carbocycles. The lowest BCUT2D eigenvalue weighted by atomic mass is 11.0. The van der Waals surface area contributed by atoms with Crippen molar-refractivity contribution in [2.75, 3.05) is 18.2 Å². The molecule has 0 radical (unpaired) electrons. The van der Waals surface area contributed by atoms with E-state index in [-0.39, 0.29) is 5.75 Å². The van der Waals surface area contributed by atoms with Gasteiger partial charge in [-0.15, -0.1) is 0 Å². The summed E-state index contributed by atoms with van der Waals surface area (Å²) in [4.78, 5) is 0. The number of sulfone groups is 1. The van der Waals surface area contributed by atoms with E-state index in [0.29, 0.717) is 6.16 Å². The summed E-state index contributed by atoms with van der Waals surface area (Å²) in [5, 5.41) is 0. The molecule has 0 spiro atoms. The first-order valence-corrected chi connectivity index (χ1v) is 7.58. The van der Waals surface area contributed by atoms with Gasteiger partial charge >= 0.3 is 0 Å². The van der Waals surface area contributed by atoms with Crippen LogP contribution in [0.1, 0.15) is 0 Å². The van der Waals surface area contributed by atoms with E-state index in [1.165, 1.54) is 6.26 Å². The van der Waals surface area contributed by atoms with Crippen LogP contribution in [-0.2, 0) is 9.84 Å². The summed E-state index contributed by atoms with van der Waals surface area (Å²) in [7, 11) is -2.87. The molecule has 0 unspecified atom stereocenters. The van der Waals surface area contributed by atoms with Gasteiger partial charge in [0.25, 0.3) is 0 Å². The third kappa shape index (κ3) is 8.96. The fourth-order valence-electron chi connectivity index (χ4n) is 0.235. The minimum atomic E-state index is -2.87. The van der Waals surface area contributed by atoms with Gasteiger partial charge in [-0.25, -0.2) is 8.42 Å². The Kier molecular flexibility index (Phi) is 4.39. The summed E-state index contributed by atoms with van der Waals surface area (Å²) in [5.74, 6) is 0.0890. The van der Waals surface area contributed by atoms with Crippen molar-refractivity contribution in [3.63, 3.8) is 0 Å². The van der Waals surface area contributed by atoms with Crippen molar-refractivity contribution in [2.45, 2.75) is 0 Å². The van der Waals surface area contributed by atoms with Gasteiger partial charge in [0.15, 0.2) is 0 Å². The monoisotopic (exact) mass is 208 g/mol. The van der Waals surface area contributed by atoms with Crippen LogP contribution < -0.4 is 0 Å². The van der Waals surface area contributed by atoms with E-state index in [1.807, 2.05) is 0 Å². The van der Waals surface area contributed by atoms with Gasteiger partial charge in [0.05, 0.1) is 12.4 Å². The molecule has 0 saturated heterocycles.